The summed E-state index contributed by atoms with van der Waals surface area (Å²) < 4.78 is 66.9. The highest BCUT2D eigenvalue weighted by Crippen LogP contribution is 2.19. The second kappa shape index (κ2) is 8.29. The molecule has 0 saturated carbocycles. The molecule has 2 N–H and O–H groups in total. The van der Waals surface area contributed by atoms with Crippen molar-refractivity contribution in [3.8, 4) is 0 Å². The largest absolute Gasteiger partial charge is 0.325 e. The second-order valence-corrected chi connectivity index (χ2v) is 8.34. The highest BCUT2D eigenvalue weighted by molar-refractivity contribution is 7.89. The molecule has 1 fully saturated rings. The van der Waals surface area contributed by atoms with Gasteiger partial charge in [0.1, 0.15) is 22.3 Å². The molecule has 0 aromatic heterocycles. The number of hydrogen-bond acceptors (Lipinski definition) is 3. The van der Waals surface area contributed by atoms with Gasteiger partial charge in [-0.15, -0.1) is 0 Å². The van der Waals surface area contributed by atoms with Crippen LogP contribution in [0.25, 0.3) is 0 Å². The Balaban J connectivity index is 1.57. The van der Waals surface area contributed by atoms with Crippen LogP contribution in [-0.4, -0.2) is 51.4 Å². The SMILES string of the molecule is O=C(C[NH+]1CCN(S(=O)(=O)c2ccccc2F)CC1)Nc1cc(F)ccc1F. The third kappa shape index (κ3) is 4.51. The van der Waals surface area contributed by atoms with Crippen molar-refractivity contribution in [2.24, 2.45) is 0 Å². The standard InChI is InChI=1S/C18H18F3N3O3S/c19-13-5-6-14(20)16(11-13)22-18(25)12-23-7-9-24(10-8-23)28(26,27)17-4-2-1-3-15(17)21/h1-6,11H,7-10,12H2,(H,22,25)/p+1. The lowest BCUT2D eigenvalue weighted by atomic mass is 10.3. The van der Waals surface area contributed by atoms with Crippen LogP contribution < -0.4 is 10.2 Å². The van der Waals surface area contributed by atoms with Crippen molar-refractivity contribution in [3.05, 3.63) is 59.9 Å². The quantitative estimate of drug-likeness (QED) is 0.754. The van der Waals surface area contributed by atoms with E-state index in [4.69, 9.17) is 0 Å². The number of amides is 1. The lowest BCUT2D eigenvalue weighted by Crippen LogP contribution is -3.15. The third-order valence-corrected chi connectivity index (χ3v) is 6.43. The molecule has 0 bridgehead atoms. The molecule has 0 spiro atoms. The summed E-state index contributed by atoms with van der Waals surface area (Å²) in [5.41, 5.74) is -0.245. The molecule has 3 rings (SSSR count). The van der Waals surface area contributed by atoms with Gasteiger partial charge in [-0.05, 0) is 24.3 Å². The van der Waals surface area contributed by atoms with Gasteiger partial charge < -0.3 is 10.2 Å². The van der Waals surface area contributed by atoms with Gasteiger partial charge in [0.2, 0.25) is 10.0 Å². The maximum Gasteiger partial charge on any atom is 0.279 e. The molecule has 0 aliphatic carbocycles. The van der Waals surface area contributed by atoms with E-state index in [-0.39, 0.29) is 30.2 Å². The summed E-state index contributed by atoms with van der Waals surface area (Å²) in [6, 6.07) is 7.93. The van der Waals surface area contributed by atoms with Crippen molar-refractivity contribution in [1.29, 1.82) is 0 Å². The van der Waals surface area contributed by atoms with Gasteiger partial charge in [-0.1, -0.05) is 12.1 Å². The number of hydrogen-bond donors (Lipinski definition) is 2. The summed E-state index contributed by atoms with van der Waals surface area (Å²) >= 11 is 0. The van der Waals surface area contributed by atoms with E-state index in [1.807, 2.05) is 0 Å². The van der Waals surface area contributed by atoms with Crippen molar-refractivity contribution < 1.29 is 31.3 Å². The van der Waals surface area contributed by atoms with Gasteiger partial charge in [-0.3, -0.25) is 4.79 Å². The molecule has 0 radical (unpaired) electrons. The van der Waals surface area contributed by atoms with E-state index in [2.05, 4.69) is 5.32 Å². The van der Waals surface area contributed by atoms with E-state index in [0.29, 0.717) is 13.1 Å². The summed E-state index contributed by atoms with van der Waals surface area (Å²) in [6.07, 6.45) is 0. The Morgan fingerprint density at radius 1 is 1.04 bits per heavy atom. The number of nitrogens with zero attached hydrogens (tertiary/aromatic N) is 1. The van der Waals surface area contributed by atoms with Crippen LogP contribution in [0.3, 0.4) is 0 Å². The number of nitrogens with one attached hydrogen (secondary N) is 2. The first-order chi connectivity index (χ1) is 13.3. The van der Waals surface area contributed by atoms with Crippen LogP contribution in [0.4, 0.5) is 18.9 Å². The van der Waals surface area contributed by atoms with Crippen molar-refractivity contribution in [2.75, 3.05) is 38.0 Å². The number of piperazine rings is 1. The molecule has 0 atom stereocenters. The van der Waals surface area contributed by atoms with Crippen LogP contribution in [-0.2, 0) is 14.8 Å². The highest BCUT2D eigenvalue weighted by Gasteiger charge is 2.32. The van der Waals surface area contributed by atoms with Crippen molar-refractivity contribution in [2.45, 2.75) is 4.90 Å². The Morgan fingerprint density at radius 3 is 2.39 bits per heavy atom. The molecule has 2 aromatic rings. The minimum absolute atomic E-state index is 0.0243. The van der Waals surface area contributed by atoms with Crippen molar-refractivity contribution in [1.82, 2.24) is 4.31 Å². The number of rotatable bonds is 5. The van der Waals surface area contributed by atoms with Crippen LogP contribution in [0.2, 0.25) is 0 Å². The molecule has 1 heterocycles. The van der Waals surface area contributed by atoms with Crippen LogP contribution in [0, 0.1) is 17.5 Å². The van der Waals surface area contributed by atoms with Gasteiger partial charge in [0.05, 0.1) is 31.9 Å². The van der Waals surface area contributed by atoms with Gasteiger partial charge in [-0.25, -0.2) is 21.6 Å². The normalized spacial score (nSPS) is 16.1. The van der Waals surface area contributed by atoms with E-state index < -0.39 is 33.4 Å². The van der Waals surface area contributed by atoms with Crippen LogP contribution in [0.15, 0.2) is 47.4 Å². The maximum absolute atomic E-state index is 13.8. The second-order valence-electron chi connectivity index (χ2n) is 6.43. The monoisotopic (exact) mass is 414 g/mol. The molecule has 1 saturated heterocycles. The summed E-state index contributed by atoms with van der Waals surface area (Å²) in [7, 11) is -3.95. The molecular formula is C18H19F3N3O3S+. The zero-order valence-electron chi connectivity index (χ0n) is 14.8. The topological polar surface area (TPSA) is 70.9 Å². The summed E-state index contributed by atoms with van der Waals surface area (Å²) in [4.78, 5) is 12.5. The Labute approximate surface area is 160 Å². The van der Waals surface area contributed by atoms with E-state index in [9.17, 15) is 26.4 Å². The van der Waals surface area contributed by atoms with E-state index in [1.165, 1.54) is 22.5 Å². The molecule has 10 heteroatoms. The van der Waals surface area contributed by atoms with E-state index >= 15 is 0 Å². The third-order valence-electron chi connectivity index (χ3n) is 4.50. The predicted octanol–water partition coefficient (Wildman–Crippen LogP) is 0.632. The van der Waals surface area contributed by atoms with Crippen LogP contribution >= 0.6 is 0 Å². The minimum Gasteiger partial charge on any atom is -0.325 e. The molecular weight excluding hydrogens is 395 g/mol. The maximum atomic E-state index is 13.8. The molecule has 2 aromatic carbocycles. The molecule has 1 aliphatic heterocycles. The first kappa shape index (κ1) is 20.3. The first-order valence-electron chi connectivity index (χ1n) is 8.60. The van der Waals surface area contributed by atoms with Crippen molar-refractivity contribution >= 4 is 21.6 Å². The fraction of sp³-hybridized carbons (Fsp3) is 0.278. The zero-order chi connectivity index (χ0) is 20.3. The van der Waals surface area contributed by atoms with Crippen molar-refractivity contribution in [3.63, 3.8) is 0 Å². The Hall–Kier alpha value is -2.43. The number of carbonyl (C=O) groups excluding carboxylic acids is 1. The number of carbonyl (C=O) groups is 1. The Bertz CT molecular complexity index is 977. The van der Waals surface area contributed by atoms with Gasteiger partial charge >= 0.3 is 0 Å². The van der Waals surface area contributed by atoms with Gasteiger partial charge in [0.25, 0.3) is 5.91 Å². The molecule has 150 valence electrons. The Kier molecular flexibility index (Phi) is 6.01. The minimum atomic E-state index is -3.95. The summed E-state index contributed by atoms with van der Waals surface area (Å²) in [5, 5.41) is 2.32. The fourth-order valence-electron chi connectivity index (χ4n) is 3.03. The highest BCUT2D eigenvalue weighted by atomic mass is 32.2. The van der Waals surface area contributed by atoms with E-state index in [0.717, 1.165) is 29.2 Å². The lowest BCUT2D eigenvalue weighted by Gasteiger charge is -2.31. The van der Waals surface area contributed by atoms with Crippen LogP contribution in [0.1, 0.15) is 0 Å². The summed E-state index contributed by atoms with van der Waals surface area (Å²) in [6.45, 7) is 0.865. The average Bonchev–Trinajstić information content (AvgIpc) is 2.65. The Morgan fingerprint density at radius 2 is 1.71 bits per heavy atom. The number of sulfonamides is 1. The zero-order valence-corrected chi connectivity index (χ0v) is 15.6. The molecule has 28 heavy (non-hydrogen) atoms. The smallest absolute Gasteiger partial charge is 0.279 e. The number of benzene rings is 2. The summed E-state index contributed by atoms with van der Waals surface area (Å²) in [5.74, 6) is -2.74. The number of quaternary nitrogens is 1. The number of halogens is 3. The fourth-order valence-corrected chi connectivity index (χ4v) is 4.53. The average molecular weight is 414 g/mol. The molecule has 0 unspecified atom stereocenters. The molecule has 1 aliphatic rings. The molecule has 1 amide bonds. The first-order valence-corrected chi connectivity index (χ1v) is 10.0. The van der Waals surface area contributed by atoms with E-state index in [1.54, 1.807) is 0 Å². The lowest BCUT2D eigenvalue weighted by molar-refractivity contribution is -0.895. The van der Waals surface area contributed by atoms with Gasteiger partial charge in [0, 0.05) is 6.07 Å². The van der Waals surface area contributed by atoms with Crippen LogP contribution in [0.5, 0.6) is 0 Å². The predicted molar refractivity (Wildman–Crippen MR) is 95.7 cm³/mol. The van der Waals surface area contributed by atoms with Gasteiger partial charge in [-0.2, -0.15) is 4.31 Å². The van der Waals surface area contributed by atoms with Gasteiger partial charge in [0.15, 0.2) is 6.54 Å². The molecule has 6 nitrogen and oxygen atoms in total. The number of anilines is 1.